The van der Waals surface area contributed by atoms with Crippen LogP contribution < -0.4 is 0 Å². The number of aliphatic hydroxyl groups excluding tert-OH is 1. The molecule has 0 radical (unpaired) electrons. The molecule has 1 aliphatic rings. The molecule has 22 heavy (non-hydrogen) atoms. The molecule has 1 fully saturated rings. The van der Waals surface area contributed by atoms with E-state index in [1.807, 2.05) is 4.90 Å². The zero-order valence-corrected chi connectivity index (χ0v) is 14.4. The van der Waals surface area contributed by atoms with Gasteiger partial charge in [-0.15, -0.1) is 0 Å². The van der Waals surface area contributed by atoms with Crippen molar-refractivity contribution in [2.24, 2.45) is 0 Å². The Kier molecular flexibility index (Phi) is 10.3. The van der Waals surface area contributed by atoms with E-state index in [0.29, 0.717) is 19.5 Å². The fraction of sp³-hybridized carbons (Fsp3) is 1.00. The molecule has 3 N–H and O–H groups in total. The van der Waals surface area contributed by atoms with Crippen molar-refractivity contribution >= 4 is 20.2 Å². The van der Waals surface area contributed by atoms with E-state index in [0.717, 1.165) is 26.2 Å². The summed E-state index contributed by atoms with van der Waals surface area (Å²) >= 11 is 0. The molecule has 0 aromatic rings. The van der Waals surface area contributed by atoms with Crippen LogP contribution in [0.15, 0.2) is 0 Å². The summed E-state index contributed by atoms with van der Waals surface area (Å²) in [6, 6.07) is 0. The normalized spacial score (nSPS) is 17.8. The predicted molar refractivity (Wildman–Crippen MR) is 83.1 cm³/mol. The molecule has 1 heterocycles. The molecule has 0 atom stereocenters. The van der Waals surface area contributed by atoms with E-state index in [4.69, 9.17) is 14.2 Å². The summed E-state index contributed by atoms with van der Waals surface area (Å²) in [4.78, 5) is 4.13. The Morgan fingerprint density at radius 2 is 1.23 bits per heavy atom. The van der Waals surface area contributed by atoms with Crippen LogP contribution in [0.2, 0.25) is 0 Å². The van der Waals surface area contributed by atoms with Crippen LogP contribution >= 0.6 is 0 Å². The first-order valence-electron chi connectivity index (χ1n) is 7.03. The Morgan fingerprint density at radius 1 is 0.818 bits per heavy atom. The molecule has 0 aromatic heterocycles. The van der Waals surface area contributed by atoms with Crippen LogP contribution in [-0.2, 0) is 20.2 Å². The highest BCUT2D eigenvalue weighted by molar-refractivity contribution is 7.86. The third-order valence-electron chi connectivity index (χ3n) is 3.01. The van der Waals surface area contributed by atoms with Crippen LogP contribution in [0.5, 0.6) is 0 Å². The summed E-state index contributed by atoms with van der Waals surface area (Å²) in [5.41, 5.74) is 0. The van der Waals surface area contributed by atoms with Crippen molar-refractivity contribution in [1.82, 2.24) is 9.80 Å². The zero-order valence-electron chi connectivity index (χ0n) is 12.8. The lowest BCUT2D eigenvalue weighted by Crippen LogP contribution is -2.48. The predicted octanol–water partition coefficient (Wildman–Crippen LogP) is -1.23. The molecule has 134 valence electrons. The van der Waals surface area contributed by atoms with E-state index >= 15 is 0 Å². The van der Waals surface area contributed by atoms with Crippen molar-refractivity contribution < 1.29 is 31.0 Å². The minimum Gasteiger partial charge on any atom is -0.395 e. The highest BCUT2D eigenvalue weighted by Crippen LogP contribution is 2.01. The van der Waals surface area contributed by atoms with E-state index in [-0.39, 0.29) is 18.1 Å². The summed E-state index contributed by atoms with van der Waals surface area (Å²) in [6.07, 6.45) is 0.471. The van der Waals surface area contributed by atoms with E-state index < -0.39 is 20.2 Å². The van der Waals surface area contributed by atoms with Crippen molar-refractivity contribution in [2.45, 2.75) is 13.3 Å². The van der Waals surface area contributed by atoms with Gasteiger partial charge < -0.3 is 5.11 Å². The highest BCUT2D eigenvalue weighted by atomic mass is 32.2. The fourth-order valence-electron chi connectivity index (χ4n) is 1.88. The van der Waals surface area contributed by atoms with Crippen molar-refractivity contribution in [3.8, 4) is 0 Å². The lowest BCUT2D eigenvalue weighted by atomic mass is 10.3. The maximum Gasteiger partial charge on any atom is 0.266 e. The van der Waals surface area contributed by atoms with Crippen molar-refractivity contribution in [2.75, 3.05) is 57.4 Å². The molecule has 0 unspecified atom stereocenters. The minimum absolute atomic E-state index is 0.132. The van der Waals surface area contributed by atoms with Gasteiger partial charge in [-0.3, -0.25) is 18.9 Å². The lowest BCUT2D eigenvalue weighted by molar-refractivity contribution is 0.116. The maximum absolute atomic E-state index is 10.5. The molecule has 9 nitrogen and oxygen atoms in total. The summed E-state index contributed by atoms with van der Waals surface area (Å²) in [5.74, 6) is -0.333. The van der Waals surface area contributed by atoms with Crippen molar-refractivity contribution in [3.63, 3.8) is 0 Å². The van der Waals surface area contributed by atoms with Gasteiger partial charge in [-0.05, 0) is 6.42 Å². The second-order valence-electron chi connectivity index (χ2n) is 4.98. The van der Waals surface area contributed by atoms with Crippen LogP contribution in [-0.4, -0.2) is 98.2 Å². The number of hydrogen-bond donors (Lipinski definition) is 3. The molecular weight excluding hydrogens is 336 g/mol. The third kappa shape index (κ3) is 13.4. The van der Waals surface area contributed by atoms with Crippen LogP contribution in [0.1, 0.15) is 13.3 Å². The van der Waals surface area contributed by atoms with Crippen LogP contribution in [0.4, 0.5) is 0 Å². The quantitative estimate of drug-likeness (QED) is 0.475. The van der Waals surface area contributed by atoms with Gasteiger partial charge >= 0.3 is 0 Å². The summed E-state index contributed by atoms with van der Waals surface area (Å²) in [5, 5.41) is 8.73. The third-order valence-corrected chi connectivity index (χ3v) is 4.63. The molecule has 0 saturated carbocycles. The van der Waals surface area contributed by atoms with Gasteiger partial charge in [0.2, 0.25) is 0 Å². The zero-order chi connectivity index (χ0) is 17.2. The van der Waals surface area contributed by atoms with Crippen LogP contribution in [0.3, 0.4) is 0 Å². The van der Waals surface area contributed by atoms with E-state index in [1.54, 1.807) is 6.92 Å². The Bertz CT molecular complexity index is 485. The fourth-order valence-corrected chi connectivity index (χ4v) is 2.89. The monoisotopic (exact) mass is 362 g/mol. The first kappa shape index (κ1) is 21.7. The topological polar surface area (TPSA) is 135 Å². The van der Waals surface area contributed by atoms with Gasteiger partial charge in [0.25, 0.3) is 20.2 Å². The van der Waals surface area contributed by atoms with Crippen LogP contribution in [0, 0.1) is 0 Å². The van der Waals surface area contributed by atoms with Gasteiger partial charge in [0.05, 0.1) is 18.1 Å². The lowest BCUT2D eigenvalue weighted by Gasteiger charge is -2.33. The molecule has 0 bridgehead atoms. The average molecular weight is 362 g/mol. The molecule has 0 amide bonds. The second-order valence-corrected chi connectivity index (χ2v) is 8.12. The number of hydrogen-bond acceptors (Lipinski definition) is 7. The molecule has 0 spiro atoms. The smallest absolute Gasteiger partial charge is 0.266 e. The Balaban J connectivity index is 0.000000534. The Hall–Kier alpha value is -0.300. The van der Waals surface area contributed by atoms with Crippen molar-refractivity contribution in [3.05, 3.63) is 0 Å². The first-order chi connectivity index (χ1) is 10.1. The van der Waals surface area contributed by atoms with Crippen LogP contribution in [0.25, 0.3) is 0 Å². The SMILES string of the molecule is CCCS(=O)(=O)O.O=S(=O)(O)CCN1CCN(CCO)CC1. The Labute approximate surface area is 132 Å². The number of nitrogens with zero attached hydrogens (tertiary/aromatic N) is 2. The molecule has 0 aromatic carbocycles. The summed E-state index contributed by atoms with van der Waals surface area (Å²) in [7, 11) is -7.52. The molecular formula is C11H26N2O7S2. The largest absolute Gasteiger partial charge is 0.395 e. The average Bonchev–Trinajstić information content (AvgIpc) is 2.37. The highest BCUT2D eigenvalue weighted by Gasteiger charge is 2.17. The van der Waals surface area contributed by atoms with Gasteiger partial charge in [0.15, 0.2) is 0 Å². The number of rotatable bonds is 7. The second kappa shape index (κ2) is 10.5. The minimum atomic E-state index is -3.84. The number of piperazine rings is 1. The first-order valence-corrected chi connectivity index (χ1v) is 10.2. The molecule has 1 rings (SSSR count). The number of β-amino-alcohol motifs (C(OH)–C–C–N with tert-alkyl or cyclic N) is 1. The molecule has 1 saturated heterocycles. The van der Waals surface area contributed by atoms with Gasteiger partial charge in [0, 0.05) is 39.3 Å². The van der Waals surface area contributed by atoms with Gasteiger partial charge in [-0.2, -0.15) is 16.8 Å². The van der Waals surface area contributed by atoms with Crippen molar-refractivity contribution in [1.29, 1.82) is 0 Å². The van der Waals surface area contributed by atoms with E-state index in [2.05, 4.69) is 4.90 Å². The molecule has 1 aliphatic heterocycles. The molecule has 11 heteroatoms. The van der Waals surface area contributed by atoms with Gasteiger partial charge in [-0.25, -0.2) is 0 Å². The van der Waals surface area contributed by atoms with Gasteiger partial charge in [0.1, 0.15) is 0 Å². The summed E-state index contributed by atoms with van der Waals surface area (Å²) < 4.78 is 57.2. The molecule has 0 aliphatic carbocycles. The number of aliphatic hydroxyl groups is 1. The van der Waals surface area contributed by atoms with E-state index in [9.17, 15) is 16.8 Å². The van der Waals surface area contributed by atoms with E-state index in [1.165, 1.54) is 0 Å². The van der Waals surface area contributed by atoms with Gasteiger partial charge in [-0.1, -0.05) is 6.92 Å². The standard InChI is InChI=1S/C8H18N2O4S.C3H8O3S/c11-7-5-9-1-3-10(4-2-9)6-8-15(12,13)14;1-2-3-7(4,5)6/h11H,1-8H2,(H,12,13,14);2-3H2,1H3,(H,4,5,6). The Morgan fingerprint density at radius 3 is 1.50 bits per heavy atom. The summed E-state index contributed by atoms with van der Waals surface area (Å²) in [6.45, 7) is 6.15. The maximum atomic E-state index is 10.5.